The Labute approximate surface area is 79.9 Å². The normalized spacial score (nSPS) is 27.5. The Hall–Kier alpha value is -0.840. The molecule has 0 N–H and O–H groups in total. The van der Waals surface area contributed by atoms with E-state index in [0.717, 1.165) is 19.3 Å². The quantitative estimate of drug-likeness (QED) is 0.668. The smallest absolute Gasteiger partial charge is 0.135 e. The molecule has 1 aliphatic carbocycles. The standard InChI is InChI=1S/C11H17NO/c1-8(2)11(13)6-9-3-4-10(5-9)7-12/h8-10H,3-6H2,1-2H3/t9-,10+/m1/s1. The molecule has 0 unspecified atom stereocenters. The van der Waals surface area contributed by atoms with Gasteiger partial charge in [0.25, 0.3) is 0 Å². The first-order valence-corrected chi connectivity index (χ1v) is 5.05. The topological polar surface area (TPSA) is 40.9 Å². The van der Waals surface area contributed by atoms with Crippen LogP contribution in [0.25, 0.3) is 0 Å². The lowest BCUT2D eigenvalue weighted by molar-refractivity contribution is -0.122. The van der Waals surface area contributed by atoms with E-state index in [0.29, 0.717) is 18.1 Å². The van der Waals surface area contributed by atoms with E-state index in [1.54, 1.807) is 0 Å². The van der Waals surface area contributed by atoms with Gasteiger partial charge < -0.3 is 0 Å². The second kappa shape index (κ2) is 4.41. The fourth-order valence-corrected chi connectivity index (χ4v) is 1.90. The van der Waals surface area contributed by atoms with Crippen molar-refractivity contribution in [2.24, 2.45) is 17.8 Å². The Morgan fingerprint density at radius 3 is 2.69 bits per heavy atom. The number of hydrogen-bond acceptors (Lipinski definition) is 2. The minimum Gasteiger partial charge on any atom is -0.299 e. The van der Waals surface area contributed by atoms with Gasteiger partial charge in [0.15, 0.2) is 0 Å². The Bertz CT molecular complexity index is 227. The van der Waals surface area contributed by atoms with Crippen molar-refractivity contribution in [2.45, 2.75) is 39.5 Å². The summed E-state index contributed by atoms with van der Waals surface area (Å²) in [5.41, 5.74) is 0. The van der Waals surface area contributed by atoms with E-state index in [1.807, 2.05) is 13.8 Å². The molecule has 0 aromatic rings. The first-order valence-electron chi connectivity index (χ1n) is 5.05. The minimum absolute atomic E-state index is 0.154. The molecular weight excluding hydrogens is 162 g/mol. The number of nitrogens with zero attached hydrogens (tertiary/aromatic N) is 1. The third kappa shape index (κ3) is 2.84. The zero-order chi connectivity index (χ0) is 9.84. The van der Waals surface area contributed by atoms with Gasteiger partial charge in [-0.1, -0.05) is 13.8 Å². The number of carbonyl (C=O) groups excluding carboxylic acids is 1. The summed E-state index contributed by atoms with van der Waals surface area (Å²) in [6.07, 6.45) is 3.69. The second-order valence-corrected chi connectivity index (χ2v) is 4.33. The Balaban J connectivity index is 2.33. The molecule has 0 aromatic heterocycles. The molecule has 0 bridgehead atoms. The predicted octanol–water partition coefficient (Wildman–Crippen LogP) is 2.54. The molecule has 13 heavy (non-hydrogen) atoms. The Kier molecular flexibility index (Phi) is 3.48. The van der Waals surface area contributed by atoms with Crippen molar-refractivity contribution in [3.63, 3.8) is 0 Å². The molecule has 0 saturated heterocycles. The first-order chi connectivity index (χ1) is 6.13. The minimum atomic E-state index is 0.154. The molecule has 1 rings (SSSR count). The summed E-state index contributed by atoms with van der Waals surface area (Å²) in [5.74, 6) is 1.20. The van der Waals surface area contributed by atoms with Gasteiger partial charge in [0.05, 0.1) is 6.07 Å². The van der Waals surface area contributed by atoms with Crippen LogP contribution >= 0.6 is 0 Å². The molecule has 72 valence electrons. The summed E-state index contributed by atoms with van der Waals surface area (Å²) in [7, 11) is 0. The SMILES string of the molecule is CC(C)C(=O)C[C@@H]1CC[C@H](C#N)C1. The van der Waals surface area contributed by atoms with Gasteiger partial charge in [-0.2, -0.15) is 5.26 Å². The van der Waals surface area contributed by atoms with E-state index < -0.39 is 0 Å². The third-order valence-electron chi connectivity index (χ3n) is 2.86. The zero-order valence-electron chi connectivity index (χ0n) is 8.42. The molecule has 2 nitrogen and oxygen atoms in total. The average molecular weight is 179 g/mol. The summed E-state index contributed by atoms with van der Waals surface area (Å²) in [4.78, 5) is 11.4. The van der Waals surface area contributed by atoms with Crippen LogP contribution in [0.1, 0.15) is 39.5 Å². The van der Waals surface area contributed by atoms with Crippen molar-refractivity contribution in [1.29, 1.82) is 5.26 Å². The molecule has 2 atom stereocenters. The number of nitriles is 1. The van der Waals surface area contributed by atoms with E-state index in [-0.39, 0.29) is 11.8 Å². The van der Waals surface area contributed by atoms with Crippen molar-refractivity contribution in [2.75, 3.05) is 0 Å². The summed E-state index contributed by atoms with van der Waals surface area (Å²) >= 11 is 0. The van der Waals surface area contributed by atoms with Crippen LogP contribution in [-0.4, -0.2) is 5.78 Å². The molecule has 0 amide bonds. The summed E-state index contributed by atoms with van der Waals surface area (Å²) in [6, 6.07) is 2.29. The van der Waals surface area contributed by atoms with Crippen molar-refractivity contribution >= 4 is 5.78 Å². The van der Waals surface area contributed by atoms with Gasteiger partial charge in [-0.25, -0.2) is 0 Å². The lowest BCUT2D eigenvalue weighted by Gasteiger charge is -2.09. The van der Waals surface area contributed by atoms with Gasteiger partial charge in [-0.15, -0.1) is 0 Å². The second-order valence-electron chi connectivity index (χ2n) is 4.33. The van der Waals surface area contributed by atoms with E-state index in [9.17, 15) is 4.79 Å². The Morgan fingerprint density at radius 1 is 1.54 bits per heavy atom. The van der Waals surface area contributed by atoms with Crippen LogP contribution < -0.4 is 0 Å². The number of ketones is 1. The van der Waals surface area contributed by atoms with Crippen LogP contribution in [0.15, 0.2) is 0 Å². The number of hydrogen-bond donors (Lipinski definition) is 0. The largest absolute Gasteiger partial charge is 0.299 e. The highest BCUT2D eigenvalue weighted by Crippen LogP contribution is 2.33. The van der Waals surface area contributed by atoms with Crippen LogP contribution in [0.5, 0.6) is 0 Å². The number of rotatable bonds is 3. The van der Waals surface area contributed by atoms with E-state index in [2.05, 4.69) is 6.07 Å². The maximum absolute atomic E-state index is 11.4. The molecule has 0 aliphatic heterocycles. The Morgan fingerprint density at radius 2 is 2.23 bits per heavy atom. The van der Waals surface area contributed by atoms with Crippen molar-refractivity contribution in [1.82, 2.24) is 0 Å². The molecule has 1 aliphatic rings. The van der Waals surface area contributed by atoms with Gasteiger partial charge in [0.2, 0.25) is 0 Å². The van der Waals surface area contributed by atoms with Crippen LogP contribution in [0.2, 0.25) is 0 Å². The van der Waals surface area contributed by atoms with Gasteiger partial charge in [-0.3, -0.25) is 4.79 Å². The number of carbonyl (C=O) groups is 1. The van der Waals surface area contributed by atoms with E-state index in [4.69, 9.17) is 5.26 Å². The monoisotopic (exact) mass is 179 g/mol. The van der Waals surface area contributed by atoms with Gasteiger partial charge in [0, 0.05) is 18.3 Å². The van der Waals surface area contributed by atoms with E-state index >= 15 is 0 Å². The van der Waals surface area contributed by atoms with Crippen molar-refractivity contribution in [3.8, 4) is 6.07 Å². The molecule has 0 spiro atoms. The molecule has 0 heterocycles. The molecule has 0 aromatic carbocycles. The highest BCUT2D eigenvalue weighted by molar-refractivity contribution is 5.80. The van der Waals surface area contributed by atoms with Gasteiger partial charge >= 0.3 is 0 Å². The van der Waals surface area contributed by atoms with Gasteiger partial charge in [-0.05, 0) is 25.2 Å². The summed E-state index contributed by atoms with van der Waals surface area (Å²) in [5, 5.41) is 8.69. The fourth-order valence-electron chi connectivity index (χ4n) is 1.90. The fraction of sp³-hybridized carbons (Fsp3) is 0.818. The van der Waals surface area contributed by atoms with Crippen LogP contribution in [-0.2, 0) is 4.79 Å². The van der Waals surface area contributed by atoms with Gasteiger partial charge in [0.1, 0.15) is 5.78 Å². The maximum atomic E-state index is 11.4. The van der Waals surface area contributed by atoms with Crippen LogP contribution in [0, 0.1) is 29.1 Å². The zero-order valence-corrected chi connectivity index (χ0v) is 8.42. The van der Waals surface area contributed by atoms with Crippen molar-refractivity contribution < 1.29 is 4.79 Å². The predicted molar refractivity (Wildman–Crippen MR) is 50.9 cm³/mol. The highest BCUT2D eigenvalue weighted by atomic mass is 16.1. The maximum Gasteiger partial charge on any atom is 0.135 e. The molecule has 0 radical (unpaired) electrons. The lowest BCUT2D eigenvalue weighted by Crippen LogP contribution is -2.11. The molecule has 1 saturated carbocycles. The molecule has 2 heteroatoms. The van der Waals surface area contributed by atoms with Crippen molar-refractivity contribution in [3.05, 3.63) is 0 Å². The average Bonchev–Trinajstić information content (AvgIpc) is 2.52. The number of Topliss-reactive ketones (excluding diaryl/α,β-unsaturated/α-hetero) is 1. The van der Waals surface area contributed by atoms with E-state index in [1.165, 1.54) is 0 Å². The first kappa shape index (κ1) is 10.2. The summed E-state index contributed by atoms with van der Waals surface area (Å²) < 4.78 is 0. The highest BCUT2D eigenvalue weighted by Gasteiger charge is 2.26. The molecular formula is C11H17NO. The third-order valence-corrected chi connectivity index (χ3v) is 2.86. The lowest BCUT2D eigenvalue weighted by atomic mass is 9.95. The summed E-state index contributed by atoms with van der Waals surface area (Å²) in [6.45, 7) is 3.89. The van der Waals surface area contributed by atoms with Crippen LogP contribution in [0.3, 0.4) is 0 Å². The van der Waals surface area contributed by atoms with Crippen LogP contribution in [0.4, 0.5) is 0 Å². The molecule has 1 fully saturated rings.